The van der Waals surface area contributed by atoms with Gasteiger partial charge in [0.1, 0.15) is 23.8 Å². The molecule has 4 nitrogen and oxygen atoms in total. The number of hydrogen-bond donors (Lipinski definition) is 2. The summed E-state index contributed by atoms with van der Waals surface area (Å²) in [6.07, 6.45) is 2.63. The van der Waals surface area contributed by atoms with Crippen molar-refractivity contribution in [1.82, 2.24) is 9.97 Å². The van der Waals surface area contributed by atoms with E-state index in [4.69, 9.17) is 0 Å². The Morgan fingerprint density at radius 1 is 1.05 bits per heavy atom. The van der Waals surface area contributed by atoms with Crippen LogP contribution in [0.5, 0.6) is 0 Å². The summed E-state index contributed by atoms with van der Waals surface area (Å²) in [6, 6.07) is 8.30. The zero-order valence-electron chi connectivity index (χ0n) is 12.4. The molecule has 0 atom stereocenters. The first-order valence-electron chi connectivity index (χ1n) is 7.17. The van der Waals surface area contributed by atoms with Gasteiger partial charge in [-0.3, -0.25) is 0 Å². The van der Waals surface area contributed by atoms with Crippen molar-refractivity contribution in [2.45, 2.75) is 26.8 Å². The van der Waals surface area contributed by atoms with E-state index in [-0.39, 0.29) is 5.82 Å². The summed E-state index contributed by atoms with van der Waals surface area (Å²) in [5.41, 5.74) is 1.00. The van der Waals surface area contributed by atoms with E-state index in [0.29, 0.717) is 12.5 Å². The fourth-order valence-electron chi connectivity index (χ4n) is 1.83. The topological polar surface area (TPSA) is 49.8 Å². The highest BCUT2D eigenvalue weighted by atomic mass is 19.1. The molecule has 21 heavy (non-hydrogen) atoms. The van der Waals surface area contributed by atoms with Crippen molar-refractivity contribution in [3.63, 3.8) is 0 Å². The molecule has 1 aromatic carbocycles. The first-order chi connectivity index (χ1) is 10.1. The Labute approximate surface area is 124 Å². The highest BCUT2D eigenvalue weighted by Gasteiger charge is 2.00. The molecule has 0 spiro atoms. The van der Waals surface area contributed by atoms with Gasteiger partial charge in [0.05, 0.1) is 0 Å². The highest BCUT2D eigenvalue weighted by Crippen LogP contribution is 2.11. The Morgan fingerprint density at radius 2 is 1.71 bits per heavy atom. The Kier molecular flexibility index (Phi) is 5.49. The monoisotopic (exact) mass is 288 g/mol. The number of anilines is 2. The smallest absolute Gasteiger partial charge is 0.131 e. The largest absolute Gasteiger partial charge is 0.370 e. The molecule has 0 bridgehead atoms. The SMILES string of the molecule is CC(C)CCNc1cc(NCc2ccc(F)cc2)ncn1. The lowest BCUT2D eigenvalue weighted by Gasteiger charge is -2.09. The lowest BCUT2D eigenvalue weighted by molar-refractivity contribution is 0.606. The van der Waals surface area contributed by atoms with Crippen LogP contribution in [0.1, 0.15) is 25.8 Å². The van der Waals surface area contributed by atoms with E-state index >= 15 is 0 Å². The predicted molar refractivity (Wildman–Crippen MR) is 83.7 cm³/mol. The maximum atomic E-state index is 12.8. The zero-order chi connectivity index (χ0) is 15.1. The van der Waals surface area contributed by atoms with Gasteiger partial charge in [-0.2, -0.15) is 0 Å². The molecule has 2 aromatic rings. The minimum absolute atomic E-state index is 0.225. The van der Waals surface area contributed by atoms with Crippen LogP contribution < -0.4 is 10.6 Å². The van der Waals surface area contributed by atoms with Gasteiger partial charge in [0.15, 0.2) is 0 Å². The van der Waals surface area contributed by atoms with E-state index in [9.17, 15) is 4.39 Å². The molecule has 0 aliphatic rings. The van der Waals surface area contributed by atoms with Gasteiger partial charge in [-0.15, -0.1) is 0 Å². The molecule has 0 radical (unpaired) electrons. The molecule has 0 saturated heterocycles. The molecule has 0 aliphatic carbocycles. The Morgan fingerprint density at radius 3 is 2.38 bits per heavy atom. The fourth-order valence-corrected chi connectivity index (χ4v) is 1.83. The number of nitrogens with one attached hydrogen (secondary N) is 2. The lowest BCUT2D eigenvalue weighted by atomic mass is 10.1. The van der Waals surface area contributed by atoms with Crippen LogP contribution in [0.2, 0.25) is 0 Å². The molecule has 2 N–H and O–H groups in total. The fraction of sp³-hybridized carbons (Fsp3) is 0.375. The molecule has 0 aliphatic heterocycles. The third-order valence-electron chi connectivity index (χ3n) is 3.08. The van der Waals surface area contributed by atoms with E-state index in [1.807, 2.05) is 6.07 Å². The van der Waals surface area contributed by atoms with Crippen molar-refractivity contribution in [2.24, 2.45) is 5.92 Å². The number of aromatic nitrogens is 2. The van der Waals surface area contributed by atoms with Crippen molar-refractivity contribution in [1.29, 1.82) is 0 Å². The van der Waals surface area contributed by atoms with Gasteiger partial charge in [-0.05, 0) is 30.0 Å². The van der Waals surface area contributed by atoms with Crippen molar-refractivity contribution in [3.8, 4) is 0 Å². The summed E-state index contributed by atoms with van der Waals surface area (Å²) in [4.78, 5) is 8.37. The van der Waals surface area contributed by atoms with Crippen molar-refractivity contribution in [2.75, 3.05) is 17.2 Å². The number of hydrogen-bond acceptors (Lipinski definition) is 4. The molecule has 0 saturated carbocycles. The molecule has 5 heteroatoms. The number of nitrogens with zero attached hydrogens (tertiary/aromatic N) is 2. The molecular weight excluding hydrogens is 267 g/mol. The molecular formula is C16H21FN4. The number of benzene rings is 1. The maximum absolute atomic E-state index is 12.8. The summed E-state index contributed by atoms with van der Waals surface area (Å²) < 4.78 is 12.8. The van der Waals surface area contributed by atoms with Gasteiger partial charge in [0.25, 0.3) is 0 Å². The summed E-state index contributed by atoms with van der Waals surface area (Å²) in [5, 5.41) is 6.49. The zero-order valence-corrected chi connectivity index (χ0v) is 12.4. The minimum Gasteiger partial charge on any atom is -0.370 e. The average molecular weight is 288 g/mol. The van der Waals surface area contributed by atoms with E-state index in [1.165, 1.54) is 18.5 Å². The van der Waals surface area contributed by atoms with Crippen LogP contribution in [0.3, 0.4) is 0 Å². The highest BCUT2D eigenvalue weighted by molar-refractivity contribution is 5.46. The standard InChI is InChI=1S/C16H21FN4/c1-12(2)7-8-18-15-9-16(21-11-20-15)19-10-13-3-5-14(17)6-4-13/h3-6,9,11-12H,7-8,10H2,1-2H3,(H2,18,19,20,21). The molecule has 2 rings (SSSR count). The predicted octanol–water partition coefficient (Wildman–Crippen LogP) is 3.69. The number of rotatable bonds is 7. The van der Waals surface area contributed by atoms with Crippen LogP contribution in [0, 0.1) is 11.7 Å². The van der Waals surface area contributed by atoms with Crippen molar-refractivity contribution < 1.29 is 4.39 Å². The Hall–Kier alpha value is -2.17. The lowest BCUT2D eigenvalue weighted by Crippen LogP contribution is -2.08. The number of halogens is 1. The molecule has 0 fully saturated rings. The second-order valence-corrected chi connectivity index (χ2v) is 5.38. The quantitative estimate of drug-likeness (QED) is 0.816. The van der Waals surface area contributed by atoms with Gasteiger partial charge >= 0.3 is 0 Å². The van der Waals surface area contributed by atoms with E-state index in [2.05, 4.69) is 34.4 Å². The third-order valence-corrected chi connectivity index (χ3v) is 3.08. The van der Waals surface area contributed by atoms with Crippen LogP contribution in [0.25, 0.3) is 0 Å². The molecule has 1 aromatic heterocycles. The van der Waals surface area contributed by atoms with Gasteiger partial charge in [-0.1, -0.05) is 26.0 Å². The van der Waals surface area contributed by atoms with Gasteiger partial charge < -0.3 is 10.6 Å². The van der Waals surface area contributed by atoms with Crippen molar-refractivity contribution in [3.05, 3.63) is 48.0 Å². The summed E-state index contributed by atoms with van der Waals surface area (Å²) >= 11 is 0. The average Bonchev–Trinajstić information content (AvgIpc) is 2.47. The van der Waals surface area contributed by atoms with Gasteiger partial charge in [0, 0.05) is 19.2 Å². The molecule has 112 valence electrons. The van der Waals surface area contributed by atoms with E-state index in [0.717, 1.165) is 30.2 Å². The molecule has 1 heterocycles. The molecule has 0 amide bonds. The second-order valence-electron chi connectivity index (χ2n) is 5.38. The van der Waals surface area contributed by atoms with Crippen LogP contribution in [-0.2, 0) is 6.54 Å². The second kappa shape index (κ2) is 7.57. The van der Waals surface area contributed by atoms with Crippen LogP contribution in [0.4, 0.5) is 16.0 Å². The summed E-state index contributed by atoms with van der Waals surface area (Å²) in [7, 11) is 0. The first kappa shape index (κ1) is 15.2. The van der Waals surface area contributed by atoms with E-state index < -0.39 is 0 Å². The normalized spacial score (nSPS) is 10.7. The van der Waals surface area contributed by atoms with E-state index in [1.54, 1.807) is 12.1 Å². The summed E-state index contributed by atoms with van der Waals surface area (Å²) in [5.74, 6) is 2.00. The van der Waals surface area contributed by atoms with Crippen LogP contribution in [0.15, 0.2) is 36.7 Å². The Bertz CT molecular complexity index is 554. The van der Waals surface area contributed by atoms with Crippen molar-refractivity contribution >= 4 is 11.6 Å². The van der Waals surface area contributed by atoms with Crippen LogP contribution >= 0.6 is 0 Å². The summed E-state index contributed by atoms with van der Waals surface area (Å²) in [6.45, 7) is 5.88. The van der Waals surface area contributed by atoms with Crippen LogP contribution in [-0.4, -0.2) is 16.5 Å². The van der Waals surface area contributed by atoms with Gasteiger partial charge in [0.2, 0.25) is 0 Å². The third kappa shape index (κ3) is 5.38. The minimum atomic E-state index is -0.225. The van der Waals surface area contributed by atoms with Gasteiger partial charge in [-0.25, -0.2) is 14.4 Å². The molecule has 0 unspecified atom stereocenters. The first-order valence-corrected chi connectivity index (χ1v) is 7.17. The maximum Gasteiger partial charge on any atom is 0.131 e. The Balaban J connectivity index is 1.87.